The summed E-state index contributed by atoms with van der Waals surface area (Å²) in [6.07, 6.45) is -0.500. The molecule has 0 bridgehead atoms. The van der Waals surface area contributed by atoms with Crippen LogP contribution in [-0.2, 0) is 4.74 Å². The smallest absolute Gasteiger partial charge is 0.300 e. The second kappa shape index (κ2) is 6.76. The SMILES string of the molecule is CC1CN(c2c([N+](=O)[O-])cc(C(=O)NN)cc2[N+](=O)[O-])CC(C)O1. The molecule has 0 aromatic heterocycles. The molecule has 0 saturated carbocycles. The predicted molar refractivity (Wildman–Crippen MR) is 83.6 cm³/mol. The molecule has 1 heterocycles. The highest BCUT2D eigenvalue weighted by Crippen LogP contribution is 2.40. The van der Waals surface area contributed by atoms with Crippen molar-refractivity contribution >= 4 is 23.0 Å². The molecule has 0 aliphatic carbocycles. The Balaban J connectivity index is 2.65. The molecule has 2 rings (SSSR count). The third-order valence-electron chi connectivity index (χ3n) is 3.59. The highest BCUT2D eigenvalue weighted by atomic mass is 16.6. The fourth-order valence-corrected chi connectivity index (χ4v) is 2.78. The van der Waals surface area contributed by atoms with E-state index in [9.17, 15) is 25.0 Å². The number of nitrogens with one attached hydrogen (secondary N) is 1. The maximum absolute atomic E-state index is 11.6. The molecule has 2 unspecified atom stereocenters. The standard InChI is InChI=1S/C13H17N5O6/c1-7-5-16(6-8(2)24-7)12-10(17(20)21)3-9(13(19)15-14)4-11(12)18(22)23/h3-4,7-8H,5-6,14H2,1-2H3,(H,15,19). The number of morpholine rings is 1. The molecule has 0 radical (unpaired) electrons. The first-order chi connectivity index (χ1) is 11.2. The van der Waals surface area contributed by atoms with Gasteiger partial charge in [-0.2, -0.15) is 0 Å². The van der Waals surface area contributed by atoms with E-state index in [0.717, 1.165) is 12.1 Å². The normalized spacial score (nSPS) is 20.5. The zero-order valence-corrected chi connectivity index (χ0v) is 13.1. The number of carbonyl (C=O) groups is 1. The number of carbonyl (C=O) groups excluding carboxylic acids is 1. The van der Waals surface area contributed by atoms with Gasteiger partial charge in [-0.25, -0.2) is 5.84 Å². The van der Waals surface area contributed by atoms with Gasteiger partial charge in [-0.3, -0.25) is 30.4 Å². The minimum Gasteiger partial charge on any atom is -0.372 e. The summed E-state index contributed by atoms with van der Waals surface area (Å²) in [6.45, 7) is 4.07. The van der Waals surface area contributed by atoms with E-state index in [0.29, 0.717) is 0 Å². The number of nitrogen functional groups attached to an aromatic ring is 1. The van der Waals surface area contributed by atoms with E-state index in [4.69, 9.17) is 10.6 Å². The molecule has 2 atom stereocenters. The molecule has 1 fully saturated rings. The predicted octanol–water partition coefficient (Wildman–Crippen LogP) is 0.720. The van der Waals surface area contributed by atoms with E-state index in [2.05, 4.69) is 0 Å². The molecule has 1 aromatic carbocycles. The van der Waals surface area contributed by atoms with Crippen molar-refractivity contribution in [3.05, 3.63) is 37.9 Å². The lowest BCUT2D eigenvalue weighted by atomic mass is 10.1. The fourth-order valence-electron chi connectivity index (χ4n) is 2.78. The second-order valence-electron chi connectivity index (χ2n) is 5.51. The Morgan fingerprint density at radius 2 is 1.67 bits per heavy atom. The number of amides is 1. The van der Waals surface area contributed by atoms with Crippen LogP contribution in [0.25, 0.3) is 0 Å². The zero-order valence-electron chi connectivity index (χ0n) is 13.1. The Kier molecular flexibility index (Phi) is 4.95. The average Bonchev–Trinajstić information content (AvgIpc) is 2.51. The number of hydrogen-bond donors (Lipinski definition) is 2. The molecule has 0 spiro atoms. The van der Waals surface area contributed by atoms with E-state index >= 15 is 0 Å². The van der Waals surface area contributed by atoms with Crippen LogP contribution in [-0.4, -0.2) is 41.1 Å². The van der Waals surface area contributed by atoms with Crippen LogP contribution in [0.5, 0.6) is 0 Å². The summed E-state index contributed by atoms with van der Waals surface area (Å²) >= 11 is 0. The van der Waals surface area contributed by atoms with Gasteiger partial charge in [0.1, 0.15) is 0 Å². The molecule has 11 heteroatoms. The van der Waals surface area contributed by atoms with Gasteiger partial charge in [0, 0.05) is 25.2 Å². The van der Waals surface area contributed by atoms with Crippen LogP contribution in [0.3, 0.4) is 0 Å². The minimum atomic E-state index is -0.850. The minimum absolute atomic E-state index is 0.138. The van der Waals surface area contributed by atoms with Gasteiger partial charge in [0.15, 0.2) is 5.69 Å². The number of ether oxygens (including phenoxy) is 1. The lowest BCUT2D eigenvalue weighted by Gasteiger charge is -2.36. The number of nitrogens with zero attached hydrogens (tertiary/aromatic N) is 3. The van der Waals surface area contributed by atoms with Gasteiger partial charge in [-0.05, 0) is 13.8 Å². The topological polar surface area (TPSA) is 154 Å². The molecule has 24 heavy (non-hydrogen) atoms. The Bertz CT molecular complexity index is 648. The van der Waals surface area contributed by atoms with Crippen LogP contribution < -0.4 is 16.2 Å². The highest BCUT2D eigenvalue weighted by Gasteiger charge is 2.35. The van der Waals surface area contributed by atoms with Crippen LogP contribution in [0.1, 0.15) is 24.2 Å². The zero-order chi connectivity index (χ0) is 18.0. The highest BCUT2D eigenvalue weighted by molar-refractivity contribution is 5.97. The van der Waals surface area contributed by atoms with Gasteiger partial charge >= 0.3 is 0 Å². The molecule has 1 saturated heterocycles. The molecule has 1 aliphatic rings. The fraction of sp³-hybridized carbons (Fsp3) is 0.462. The van der Waals surface area contributed by atoms with E-state index in [-0.39, 0.29) is 36.5 Å². The lowest BCUT2D eigenvalue weighted by Crippen LogP contribution is -2.46. The van der Waals surface area contributed by atoms with Gasteiger partial charge in [-0.15, -0.1) is 0 Å². The van der Waals surface area contributed by atoms with E-state index < -0.39 is 27.1 Å². The van der Waals surface area contributed by atoms with Gasteiger partial charge in [0.25, 0.3) is 17.3 Å². The number of nitro benzene ring substituents is 2. The van der Waals surface area contributed by atoms with E-state index in [1.807, 2.05) is 5.43 Å². The Morgan fingerprint density at radius 3 is 2.04 bits per heavy atom. The molecule has 3 N–H and O–H groups in total. The van der Waals surface area contributed by atoms with Crippen molar-refractivity contribution in [3.63, 3.8) is 0 Å². The van der Waals surface area contributed by atoms with Crippen LogP contribution in [0.2, 0.25) is 0 Å². The number of hydrogen-bond acceptors (Lipinski definition) is 8. The lowest BCUT2D eigenvalue weighted by molar-refractivity contribution is -0.392. The van der Waals surface area contributed by atoms with Crippen molar-refractivity contribution in [1.29, 1.82) is 0 Å². The first kappa shape index (κ1) is 17.6. The number of nitro groups is 2. The van der Waals surface area contributed by atoms with Crippen LogP contribution in [0.15, 0.2) is 12.1 Å². The average molecular weight is 339 g/mol. The number of hydrazine groups is 1. The largest absolute Gasteiger partial charge is 0.372 e. The number of anilines is 1. The van der Waals surface area contributed by atoms with E-state index in [1.54, 1.807) is 18.7 Å². The summed E-state index contributed by atoms with van der Waals surface area (Å²) in [4.78, 5) is 34.5. The van der Waals surface area contributed by atoms with Gasteiger partial charge in [-0.1, -0.05) is 0 Å². The Morgan fingerprint density at radius 1 is 1.21 bits per heavy atom. The summed E-state index contributed by atoms with van der Waals surface area (Å²) in [5, 5.41) is 22.9. The summed E-state index contributed by atoms with van der Waals surface area (Å²) in [6, 6.07) is 1.96. The monoisotopic (exact) mass is 339 g/mol. The van der Waals surface area contributed by atoms with Crippen molar-refractivity contribution < 1.29 is 19.4 Å². The summed E-state index contributed by atoms with van der Waals surface area (Å²) in [7, 11) is 0. The van der Waals surface area contributed by atoms with Gasteiger partial charge in [0.2, 0.25) is 0 Å². The summed E-state index contributed by atoms with van der Waals surface area (Å²) < 4.78 is 5.56. The molecule has 11 nitrogen and oxygen atoms in total. The summed E-state index contributed by atoms with van der Waals surface area (Å²) in [5.41, 5.74) is 0.367. The summed E-state index contributed by atoms with van der Waals surface area (Å²) in [5.74, 6) is 4.16. The molecule has 1 aromatic rings. The Hall–Kier alpha value is -2.79. The van der Waals surface area contributed by atoms with Crippen molar-refractivity contribution in [3.8, 4) is 0 Å². The van der Waals surface area contributed by atoms with Crippen molar-refractivity contribution in [2.24, 2.45) is 5.84 Å². The molecule has 1 amide bonds. The molecular weight excluding hydrogens is 322 g/mol. The molecule has 130 valence electrons. The molecule has 1 aliphatic heterocycles. The quantitative estimate of drug-likeness (QED) is 0.352. The van der Waals surface area contributed by atoms with Crippen LogP contribution in [0, 0.1) is 20.2 Å². The molecular formula is C13H17N5O6. The van der Waals surface area contributed by atoms with Crippen LogP contribution in [0.4, 0.5) is 17.1 Å². The first-order valence-corrected chi connectivity index (χ1v) is 7.12. The van der Waals surface area contributed by atoms with Crippen molar-refractivity contribution in [2.45, 2.75) is 26.1 Å². The Labute approximate surface area is 136 Å². The number of rotatable bonds is 4. The van der Waals surface area contributed by atoms with Gasteiger partial charge in [0.05, 0.1) is 27.6 Å². The van der Waals surface area contributed by atoms with Gasteiger partial charge < -0.3 is 9.64 Å². The van der Waals surface area contributed by atoms with Crippen molar-refractivity contribution in [2.75, 3.05) is 18.0 Å². The van der Waals surface area contributed by atoms with Crippen molar-refractivity contribution in [1.82, 2.24) is 5.43 Å². The number of nitrogens with two attached hydrogens (primary N) is 1. The number of benzene rings is 1. The third-order valence-corrected chi connectivity index (χ3v) is 3.59. The second-order valence-corrected chi connectivity index (χ2v) is 5.51. The maximum atomic E-state index is 11.6. The third kappa shape index (κ3) is 3.41. The maximum Gasteiger partial charge on any atom is 0.300 e. The van der Waals surface area contributed by atoms with E-state index in [1.165, 1.54) is 0 Å². The van der Waals surface area contributed by atoms with Crippen LogP contribution >= 0.6 is 0 Å². The first-order valence-electron chi connectivity index (χ1n) is 7.12.